The molecule has 1 saturated heterocycles. The predicted molar refractivity (Wildman–Crippen MR) is 68.3 cm³/mol. The third-order valence-electron chi connectivity index (χ3n) is 3.12. The number of ether oxygens (including phenoxy) is 2. The summed E-state index contributed by atoms with van der Waals surface area (Å²) in [6, 6.07) is 6.22. The molecule has 1 aromatic rings. The van der Waals surface area contributed by atoms with Crippen LogP contribution in [0.1, 0.15) is 36.9 Å². The van der Waals surface area contributed by atoms with E-state index in [2.05, 4.69) is 19.1 Å². The average Bonchev–Trinajstić information content (AvgIpc) is 2.32. The average molecular weight is 235 g/mol. The zero-order valence-electron chi connectivity index (χ0n) is 10.6. The molecule has 0 spiro atoms. The van der Waals surface area contributed by atoms with Gasteiger partial charge in [-0.25, -0.2) is 0 Å². The van der Waals surface area contributed by atoms with Gasteiger partial charge < -0.3 is 15.2 Å². The fourth-order valence-corrected chi connectivity index (χ4v) is 2.10. The number of benzene rings is 1. The highest BCUT2D eigenvalue weighted by Gasteiger charge is 2.17. The van der Waals surface area contributed by atoms with Crippen LogP contribution in [0.15, 0.2) is 18.2 Å². The molecule has 0 aliphatic carbocycles. The van der Waals surface area contributed by atoms with Crippen molar-refractivity contribution in [1.82, 2.24) is 0 Å². The van der Waals surface area contributed by atoms with Crippen molar-refractivity contribution >= 4 is 0 Å². The van der Waals surface area contributed by atoms with Crippen LogP contribution in [0.25, 0.3) is 0 Å². The SMILES string of the molecule is Cc1ccc(OC2CCOCC2)c([C@H](C)N)c1. The summed E-state index contributed by atoms with van der Waals surface area (Å²) in [4.78, 5) is 0. The maximum atomic E-state index is 6.04. The van der Waals surface area contributed by atoms with Crippen LogP contribution in [0.3, 0.4) is 0 Å². The van der Waals surface area contributed by atoms with Gasteiger partial charge in [0.1, 0.15) is 11.9 Å². The van der Waals surface area contributed by atoms with E-state index in [0.717, 1.165) is 37.4 Å². The molecule has 3 heteroatoms. The largest absolute Gasteiger partial charge is 0.490 e. The molecule has 94 valence electrons. The first-order valence-electron chi connectivity index (χ1n) is 6.27. The molecule has 0 radical (unpaired) electrons. The number of hydrogen-bond acceptors (Lipinski definition) is 3. The topological polar surface area (TPSA) is 44.5 Å². The van der Waals surface area contributed by atoms with Gasteiger partial charge in [0.05, 0.1) is 13.2 Å². The van der Waals surface area contributed by atoms with Gasteiger partial charge in [0.25, 0.3) is 0 Å². The fourth-order valence-electron chi connectivity index (χ4n) is 2.10. The second-order valence-corrected chi connectivity index (χ2v) is 4.76. The molecule has 0 saturated carbocycles. The Labute approximate surface area is 103 Å². The van der Waals surface area contributed by atoms with E-state index in [1.807, 2.05) is 13.0 Å². The van der Waals surface area contributed by atoms with Crippen molar-refractivity contribution in [2.24, 2.45) is 5.73 Å². The lowest BCUT2D eigenvalue weighted by Crippen LogP contribution is -2.26. The van der Waals surface area contributed by atoms with Crippen molar-refractivity contribution in [1.29, 1.82) is 0 Å². The van der Waals surface area contributed by atoms with Gasteiger partial charge >= 0.3 is 0 Å². The second kappa shape index (κ2) is 5.52. The molecule has 1 heterocycles. The highest BCUT2D eigenvalue weighted by atomic mass is 16.5. The normalized spacial score (nSPS) is 19.0. The van der Waals surface area contributed by atoms with Crippen LogP contribution in [0, 0.1) is 6.92 Å². The minimum Gasteiger partial charge on any atom is -0.490 e. The molecule has 0 unspecified atom stereocenters. The van der Waals surface area contributed by atoms with E-state index in [9.17, 15) is 0 Å². The maximum Gasteiger partial charge on any atom is 0.124 e. The van der Waals surface area contributed by atoms with E-state index < -0.39 is 0 Å². The zero-order valence-corrected chi connectivity index (χ0v) is 10.6. The van der Waals surface area contributed by atoms with Gasteiger partial charge in [0, 0.05) is 24.4 Å². The van der Waals surface area contributed by atoms with E-state index in [-0.39, 0.29) is 12.1 Å². The van der Waals surface area contributed by atoms with E-state index in [4.69, 9.17) is 15.2 Å². The van der Waals surface area contributed by atoms with Crippen molar-refractivity contribution in [3.63, 3.8) is 0 Å². The monoisotopic (exact) mass is 235 g/mol. The molecule has 0 bridgehead atoms. The Morgan fingerprint density at radius 1 is 1.35 bits per heavy atom. The lowest BCUT2D eigenvalue weighted by atomic mass is 10.0. The molecule has 1 aliphatic rings. The maximum absolute atomic E-state index is 6.04. The van der Waals surface area contributed by atoms with Crippen LogP contribution in [0.4, 0.5) is 0 Å². The molecule has 3 nitrogen and oxygen atoms in total. The van der Waals surface area contributed by atoms with Gasteiger partial charge in [0.15, 0.2) is 0 Å². The minimum absolute atomic E-state index is 0.00439. The van der Waals surface area contributed by atoms with E-state index in [1.54, 1.807) is 0 Å². The molecule has 1 aromatic carbocycles. The summed E-state index contributed by atoms with van der Waals surface area (Å²) < 4.78 is 11.4. The highest BCUT2D eigenvalue weighted by molar-refractivity contribution is 5.38. The molecule has 0 aromatic heterocycles. The van der Waals surface area contributed by atoms with Crippen LogP contribution in [0.5, 0.6) is 5.75 Å². The van der Waals surface area contributed by atoms with Crippen LogP contribution >= 0.6 is 0 Å². The van der Waals surface area contributed by atoms with Crippen molar-refractivity contribution in [3.8, 4) is 5.75 Å². The third-order valence-corrected chi connectivity index (χ3v) is 3.12. The predicted octanol–water partition coefficient (Wildman–Crippen LogP) is 2.57. The molecular formula is C14H21NO2. The standard InChI is InChI=1S/C14H21NO2/c1-10-3-4-14(13(9-10)11(2)15)17-12-5-7-16-8-6-12/h3-4,9,11-12H,5-8,15H2,1-2H3/t11-/m0/s1. The first kappa shape index (κ1) is 12.4. The Bertz CT molecular complexity index is 370. The quantitative estimate of drug-likeness (QED) is 0.875. The third kappa shape index (κ3) is 3.20. The van der Waals surface area contributed by atoms with Gasteiger partial charge in [-0.3, -0.25) is 0 Å². The van der Waals surface area contributed by atoms with Crippen molar-refractivity contribution < 1.29 is 9.47 Å². The summed E-state index contributed by atoms with van der Waals surface area (Å²) in [5, 5.41) is 0. The van der Waals surface area contributed by atoms with Crippen LogP contribution in [-0.2, 0) is 4.74 Å². The van der Waals surface area contributed by atoms with Crippen LogP contribution in [0.2, 0.25) is 0 Å². The number of hydrogen-bond donors (Lipinski definition) is 1. The molecule has 2 N–H and O–H groups in total. The minimum atomic E-state index is 0.00439. The number of rotatable bonds is 3. The first-order valence-corrected chi connectivity index (χ1v) is 6.27. The lowest BCUT2D eigenvalue weighted by Gasteiger charge is -2.25. The Hall–Kier alpha value is -1.06. The van der Waals surface area contributed by atoms with Gasteiger partial charge in [-0.1, -0.05) is 17.7 Å². The van der Waals surface area contributed by atoms with E-state index in [0.29, 0.717) is 0 Å². The summed E-state index contributed by atoms with van der Waals surface area (Å²) in [6.07, 6.45) is 2.20. The Kier molecular flexibility index (Phi) is 4.02. The van der Waals surface area contributed by atoms with Crippen molar-refractivity contribution in [2.45, 2.75) is 38.8 Å². The van der Waals surface area contributed by atoms with Crippen LogP contribution in [-0.4, -0.2) is 19.3 Å². The fraction of sp³-hybridized carbons (Fsp3) is 0.571. The molecule has 0 amide bonds. The lowest BCUT2D eigenvalue weighted by molar-refractivity contribution is 0.0251. The molecule has 17 heavy (non-hydrogen) atoms. The van der Waals surface area contributed by atoms with E-state index >= 15 is 0 Å². The summed E-state index contributed by atoms with van der Waals surface area (Å²) in [5.74, 6) is 0.928. The molecule has 1 aliphatic heterocycles. The molecule has 1 fully saturated rings. The molecular weight excluding hydrogens is 214 g/mol. The van der Waals surface area contributed by atoms with Gasteiger partial charge in [-0.05, 0) is 19.9 Å². The Morgan fingerprint density at radius 2 is 2.06 bits per heavy atom. The molecule has 1 atom stereocenters. The second-order valence-electron chi connectivity index (χ2n) is 4.76. The Balaban J connectivity index is 2.13. The van der Waals surface area contributed by atoms with Gasteiger partial charge in [-0.15, -0.1) is 0 Å². The number of aryl methyl sites for hydroxylation is 1. The molecule has 2 rings (SSSR count). The van der Waals surface area contributed by atoms with Crippen LogP contribution < -0.4 is 10.5 Å². The zero-order chi connectivity index (χ0) is 12.3. The van der Waals surface area contributed by atoms with Gasteiger partial charge in [-0.2, -0.15) is 0 Å². The first-order chi connectivity index (χ1) is 8.16. The Morgan fingerprint density at radius 3 is 2.71 bits per heavy atom. The summed E-state index contributed by atoms with van der Waals surface area (Å²) in [6.45, 7) is 5.66. The summed E-state index contributed by atoms with van der Waals surface area (Å²) in [7, 11) is 0. The van der Waals surface area contributed by atoms with Crippen molar-refractivity contribution in [3.05, 3.63) is 29.3 Å². The van der Waals surface area contributed by atoms with Gasteiger partial charge in [0.2, 0.25) is 0 Å². The number of nitrogens with two attached hydrogens (primary N) is 1. The smallest absolute Gasteiger partial charge is 0.124 e. The summed E-state index contributed by atoms with van der Waals surface area (Å²) in [5.41, 5.74) is 8.30. The summed E-state index contributed by atoms with van der Waals surface area (Å²) >= 11 is 0. The highest BCUT2D eigenvalue weighted by Crippen LogP contribution is 2.27. The van der Waals surface area contributed by atoms with E-state index in [1.165, 1.54) is 5.56 Å². The van der Waals surface area contributed by atoms with Crippen molar-refractivity contribution in [2.75, 3.05) is 13.2 Å².